The fraction of sp³-hybridized carbons (Fsp3) is 0.500. The van der Waals surface area contributed by atoms with Crippen molar-refractivity contribution in [3.8, 4) is 0 Å². The van der Waals surface area contributed by atoms with Crippen molar-refractivity contribution in [2.45, 2.75) is 32.8 Å². The van der Waals surface area contributed by atoms with E-state index in [2.05, 4.69) is 36.0 Å². The second kappa shape index (κ2) is 9.13. The molecule has 1 aromatic heterocycles. The van der Waals surface area contributed by atoms with Crippen LogP contribution in [0.2, 0.25) is 0 Å². The molecule has 1 rings (SSSR count). The zero-order chi connectivity index (χ0) is 15.7. The summed E-state index contributed by atoms with van der Waals surface area (Å²) >= 11 is 0. The van der Waals surface area contributed by atoms with Crippen molar-refractivity contribution in [3.63, 3.8) is 0 Å². The summed E-state index contributed by atoms with van der Waals surface area (Å²) in [5.41, 5.74) is 0.503. The van der Waals surface area contributed by atoms with Crippen LogP contribution in [0.5, 0.6) is 0 Å². The number of anilines is 1. The minimum absolute atomic E-state index is 0.175. The maximum absolute atomic E-state index is 11.7. The van der Waals surface area contributed by atoms with Crippen molar-refractivity contribution in [1.82, 2.24) is 10.3 Å². The third kappa shape index (κ3) is 5.55. The second-order valence-electron chi connectivity index (χ2n) is 4.96. The molecule has 0 aromatic carbocycles. The Bertz CT molecular complexity index is 441. The topological polar surface area (TPSA) is 74.2 Å². The van der Waals surface area contributed by atoms with E-state index in [0.29, 0.717) is 30.4 Å². The van der Waals surface area contributed by atoms with Crippen LogP contribution in [-0.4, -0.2) is 35.2 Å². The lowest BCUT2D eigenvalue weighted by atomic mass is 9.96. The summed E-state index contributed by atoms with van der Waals surface area (Å²) in [6, 6.07) is 3.44. The van der Waals surface area contributed by atoms with Crippen LogP contribution >= 0.6 is 0 Å². The predicted molar refractivity (Wildman–Crippen MR) is 85.3 cm³/mol. The van der Waals surface area contributed by atoms with Gasteiger partial charge in [-0.3, -0.25) is 4.79 Å². The molecule has 0 saturated heterocycles. The average Bonchev–Trinajstić information content (AvgIpc) is 2.52. The molecule has 1 heterocycles. The molecule has 0 aliphatic heterocycles. The second-order valence-corrected chi connectivity index (χ2v) is 4.96. The Balaban J connectivity index is 2.51. The fourth-order valence-electron chi connectivity index (χ4n) is 2.11. The number of hydrogen-bond acceptors (Lipinski definition) is 4. The first-order chi connectivity index (χ1) is 10.1. The van der Waals surface area contributed by atoms with Crippen LogP contribution < -0.4 is 10.6 Å². The average molecular weight is 291 g/mol. The summed E-state index contributed by atoms with van der Waals surface area (Å²) in [7, 11) is 0. The fourth-order valence-corrected chi connectivity index (χ4v) is 2.11. The van der Waals surface area contributed by atoms with Gasteiger partial charge in [-0.25, -0.2) is 4.98 Å². The molecule has 3 N–H and O–H groups in total. The summed E-state index contributed by atoms with van der Waals surface area (Å²) in [4.78, 5) is 15.9. The molecule has 0 saturated carbocycles. The first-order valence-corrected chi connectivity index (χ1v) is 7.39. The summed E-state index contributed by atoms with van der Waals surface area (Å²) in [5.74, 6) is 0.771. The van der Waals surface area contributed by atoms with Gasteiger partial charge >= 0.3 is 0 Å². The zero-order valence-electron chi connectivity index (χ0n) is 12.8. The first-order valence-electron chi connectivity index (χ1n) is 7.39. The quantitative estimate of drug-likeness (QED) is 0.610. The molecule has 21 heavy (non-hydrogen) atoms. The van der Waals surface area contributed by atoms with Gasteiger partial charge in [0.15, 0.2) is 0 Å². The minimum Gasteiger partial charge on any atom is -0.391 e. The van der Waals surface area contributed by atoms with Crippen LogP contribution in [-0.2, 0) is 0 Å². The Labute approximate surface area is 126 Å². The Morgan fingerprint density at radius 2 is 2.14 bits per heavy atom. The molecule has 1 amide bonds. The van der Waals surface area contributed by atoms with Crippen molar-refractivity contribution >= 4 is 11.7 Å². The van der Waals surface area contributed by atoms with Crippen LogP contribution in [0, 0.1) is 5.92 Å². The molecule has 116 valence electrons. The molecule has 0 aliphatic rings. The van der Waals surface area contributed by atoms with E-state index >= 15 is 0 Å². The normalized spacial score (nSPS) is 12.0. The van der Waals surface area contributed by atoms with Crippen LogP contribution in [0.3, 0.4) is 0 Å². The summed E-state index contributed by atoms with van der Waals surface area (Å²) in [5, 5.41) is 15.8. The van der Waals surface area contributed by atoms with Gasteiger partial charge in [0.25, 0.3) is 5.91 Å². The Morgan fingerprint density at radius 3 is 2.67 bits per heavy atom. The van der Waals surface area contributed by atoms with Gasteiger partial charge < -0.3 is 15.7 Å². The number of aliphatic hydroxyl groups is 1. The third-order valence-electron chi connectivity index (χ3n) is 3.52. The van der Waals surface area contributed by atoms with Gasteiger partial charge in [-0.05, 0) is 18.1 Å². The number of pyridine rings is 1. The van der Waals surface area contributed by atoms with Crippen LogP contribution in [0.25, 0.3) is 0 Å². The molecule has 0 bridgehead atoms. The molecule has 5 nitrogen and oxygen atoms in total. The van der Waals surface area contributed by atoms with E-state index in [-0.39, 0.29) is 5.91 Å². The highest BCUT2D eigenvalue weighted by Crippen LogP contribution is 2.14. The predicted octanol–water partition coefficient (Wildman–Crippen LogP) is 2.21. The van der Waals surface area contributed by atoms with Gasteiger partial charge in [0.1, 0.15) is 5.82 Å². The SMILES string of the molecule is C=CCNC(=O)c1ccc(NCC(O)C(CC)CC)nc1. The molecule has 1 aromatic rings. The zero-order valence-corrected chi connectivity index (χ0v) is 12.8. The number of nitrogens with one attached hydrogen (secondary N) is 2. The van der Waals surface area contributed by atoms with Crippen molar-refractivity contribution in [2.75, 3.05) is 18.4 Å². The standard InChI is InChI=1S/C16H25N3O2/c1-4-9-17-16(21)13-7-8-15(18-10-13)19-11-14(20)12(5-2)6-3/h4,7-8,10,12,14,20H,1,5-6,9,11H2,2-3H3,(H,17,21)(H,18,19). The van der Waals surface area contributed by atoms with E-state index in [0.717, 1.165) is 12.8 Å². The molecule has 0 aliphatic carbocycles. The number of aliphatic hydroxyl groups excluding tert-OH is 1. The van der Waals surface area contributed by atoms with Crippen LogP contribution in [0.4, 0.5) is 5.82 Å². The van der Waals surface area contributed by atoms with E-state index in [1.807, 2.05) is 0 Å². The van der Waals surface area contributed by atoms with Gasteiger partial charge in [-0.15, -0.1) is 6.58 Å². The van der Waals surface area contributed by atoms with Crippen molar-refractivity contribution in [3.05, 3.63) is 36.5 Å². The summed E-state index contributed by atoms with van der Waals surface area (Å²) in [6.07, 6.45) is 4.66. The number of amides is 1. The van der Waals surface area contributed by atoms with E-state index in [1.165, 1.54) is 6.20 Å². The molecule has 0 spiro atoms. The first kappa shape index (κ1) is 17.2. The Kier molecular flexibility index (Phi) is 7.46. The smallest absolute Gasteiger partial charge is 0.253 e. The van der Waals surface area contributed by atoms with E-state index in [1.54, 1.807) is 18.2 Å². The minimum atomic E-state index is -0.391. The van der Waals surface area contributed by atoms with Gasteiger partial charge in [0.05, 0.1) is 11.7 Å². The van der Waals surface area contributed by atoms with Gasteiger partial charge in [0, 0.05) is 19.3 Å². The molecule has 1 unspecified atom stereocenters. The highest BCUT2D eigenvalue weighted by Gasteiger charge is 2.15. The van der Waals surface area contributed by atoms with Gasteiger partial charge in [0.2, 0.25) is 0 Å². The third-order valence-corrected chi connectivity index (χ3v) is 3.52. The Hall–Kier alpha value is -1.88. The summed E-state index contributed by atoms with van der Waals surface area (Å²) in [6.45, 7) is 8.59. The lowest BCUT2D eigenvalue weighted by Gasteiger charge is -2.20. The lowest BCUT2D eigenvalue weighted by molar-refractivity contribution is 0.0957. The number of hydrogen-bond donors (Lipinski definition) is 3. The maximum atomic E-state index is 11.7. The van der Waals surface area contributed by atoms with Crippen molar-refractivity contribution in [2.24, 2.45) is 5.92 Å². The molecule has 1 atom stereocenters. The molecular formula is C16H25N3O2. The van der Waals surface area contributed by atoms with Crippen LogP contribution in [0.1, 0.15) is 37.0 Å². The molecular weight excluding hydrogens is 266 g/mol. The Morgan fingerprint density at radius 1 is 1.43 bits per heavy atom. The largest absolute Gasteiger partial charge is 0.391 e. The highest BCUT2D eigenvalue weighted by molar-refractivity contribution is 5.94. The van der Waals surface area contributed by atoms with Crippen molar-refractivity contribution < 1.29 is 9.90 Å². The number of rotatable bonds is 9. The van der Waals surface area contributed by atoms with E-state index < -0.39 is 6.10 Å². The van der Waals surface area contributed by atoms with Crippen molar-refractivity contribution in [1.29, 1.82) is 0 Å². The van der Waals surface area contributed by atoms with Crippen LogP contribution in [0.15, 0.2) is 31.0 Å². The molecule has 0 radical (unpaired) electrons. The number of carbonyl (C=O) groups is 1. The number of nitrogens with zero attached hydrogens (tertiary/aromatic N) is 1. The number of aromatic nitrogens is 1. The lowest BCUT2D eigenvalue weighted by Crippen LogP contribution is -2.28. The highest BCUT2D eigenvalue weighted by atomic mass is 16.3. The maximum Gasteiger partial charge on any atom is 0.253 e. The summed E-state index contributed by atoms with van der Waals surface area (Å²) < 4.78 is 0. The molecule has 5 heteroatoms. The van der Waals surface area contributed by atoms with E-state index in [4.69, 9.17) is 0 Å². The van der Waals surface area contributed by atoms with E-state index in [9.17, 15) is 9.90 Å². The monoisotopic (exact) mass is 291 g/mol. The van der Waals surface area contributed by atoms with Gasteiger partial charge in [-0.2, -0.15) is 0 Å². The molecule has 0 fully saturated rings. The van der Waals surface area contributed by atoms with Gasteiger partial charge in [-0.1, -0.05) is 32.8 Å². The number of carbonyl (C=O) groups excluding carboxylic acids is 1.